The number of anilines is 1. The average Bonchev–Trinajstić information content (AvgIpc) is 2.39. The molecule has 0 fully saturated rings. The predicted octanol–water partition coefficient (Wildman–Crippen LogP) is 2.88. The van der Waals surface area contributed by atoms with Crippen LogP contribution in [0.2, 0.25) is 0 Å². The SMILES string of the molecule is CCCNCc1cc(F)cnc1N1CCC=C(C)C1. The predicted molar refractivity (Wildman–Crippen MR) is 76.8 cm³/mol. The van der Waals surface area contributed by atoms with Crippen LogP contribution in [-0.4, -0.2) is 24.6 Å². The Labute approximate surface area is 114 Å². The van der Waals surface area contributed by atoms with E-state index < -0.39 is 0 Å². The third kappa shape index (κ3) is 3.77. The van der Waals surface area contributed by atoms with Gasteiger partial charge < -0.3 is 10.2 Å². The molecule has 1 N–H and O–H groups in total. The van der Waals surface area contributed by atoms with Crippen molar-refractivity contribution in [2.45, 2.75) is 33.2 Å². The standard InChI is InChI=1S/C15H22FN3/c1-3-6-17-9-13-8-14(16)10-18-15(13)19-7-4-5-12(2)11-19/h5,8,10,17H,3-4,6-7,9,11H2,1-2H3. The summed E-state index contributed by atoms with van der Waals surface area (Å²) in [7, 11) is 0. The lowest BCUT2D eigenvalue weighted by atomic mass is 10.1. The third-order valence-corrected chi connectivity index (χ3v) is 3.28. The second-order valence-corrected chi connectivity index (χ2v) is 5.07. The lowest BCUT2D eigenvalue weighted by Crippen LogP contribution is -2.31. The van der Waals surface area contributed by atoms with Gasteiger partial charge in [0.15, 0.2) is 0 Å². The Balaban J connectivity index is 2.16. The van der Waals surface area contributed by atoms with Crippen LogP contribution < -0.4 is 10.2 Å². The van der Waals surface area contributed by atoms with Crippen LogP contribution in [0.25, 0.3) is 0 Å². The van der Waals surface area contributed by atoms with E-state index in [0.29, 0.717) is 6.54 Å². The van der Waals surface area contributed by atoms with Gasteiger partial charge in [-0.3, -0.25) is 0 Å². The molecule has 1 aliphatic heterocycles. The lowest BCUT2D eigenvalue weighted by molar-refractivity contribution is 0.609. The van der Waals surface area contributed by atoms with Crippen LogP contribution >= 0.6 is 0 Å². The van der Waals surface area contributed by atoms with Gasteiger partial charge in [0.2, 0.25) is 0 Å². The van der Waals surface area contributed by atoms with E-state index in [1.54, 1.807) is 6.07 Å². The Hall–Kier alpha value is -1.42. The monoisotopic (exact) mass is 263 g/mol. The van der Waals surface area contributed by atoms with Crippen molar-refractivity contribution in [3.63, 3.8) is 0 Å². The summed E-state index contributed by atoms with van der Waals surface area (Å²) in [5.74, 6) is 0.652. The van der Waals surface area contributed by atoms with Gasteiger partial charge in [0.1, 0.15) is 11.6 Å². The highest BCUT2D eigenvalue weighted by molar-refractivity contribution is 5.49. The van der Waals surface area contributed by atoms with Crippen molar-refractivity contribution in [3.8, 4) is 0 Å². The Kier molecular flexibility index (Phi) is 4.91. The summed E-state index contributed by atoms with van der Waals surface area (Å²) >= 11 is 0. The Morgan fingerprint density at radius 1 is 1.47 bits per heavy atom. The zero-order chi connectivity index (χ0) is 13.7. The van der Waals surface area contributed by atoms with Crippen molar-refractivity contribution in [3.05, 3.63) is 35.3 Å². The van der Waals surface area contributed by atoms with Crippen LogP contribution in [0.5, 0.6) is 0 Å². The molecule has 1 aromatic heterocycles. The van der Waals surface area contributed by atoms with Gasteiger partial charge in [0, 0.05) is 25.2 Å². The number of aromatic nitrogens is 1. The van der Waals surface area contributed by atoms with Crippen LogP contribution in [0, 0.1) is 5.82 Å². The minimum Gasteiger partial charge on any atom is -0.352 e. The molecule has 0 bridgehead atoms. The molecule has 1 aliphatic rings. The largest absolute Gasteiger partial charge is 0.352 e. The number of halogens is 1. The van der Waals surface area contributed by atoms with E-state index in [0.717, 1.165) is 43.9 Å². The molecule has 0 unspecified atom stereocenters. The van der Waals surface area contributed by atoms with E-state index >= 15 is 0 Å². The minimum atomic E-state index is -0.263. The van der Waals surface area contributed by atoms with Gasteiger partial charge in [0.05, 0.1) is 6.20 Å². The molecule has 3 nitrogen and oxygen atoms in total. The summed E-state index contributed by atoms with van der Waals surface area (Å²) < 4.78 is 13.4. The Bertz CT molecular complexity index is 457. The van der Waals surface area contributed by atoms with Crippen molar-refractivity contribution in [2.75, 3.05) is 24.5 Å². The van der Waals surface area contributed by atoms with Crippen LogP contribution in [0.15, 0.2) is 23.9 Å². The number of hydrogen-bond donors (Lipinski definition) is 1. The highest BCUT2D eigenvalue weighted by Crippen LogP contribution is 2.22. The highest BCUT2D eigenvalue weighted by atomic mass is 19.1. The zero-order valence-corrected chi connectivity index (χ0v) is 11.7. The van der Waals surface area contributed by atoms with Gasteiger partial charge in [0.25, 0.3) is 0 Å². The molecule has 0 atom stereocenters. The molecule has 0 saturated carbocycles. The van der Waals surface area contributed by atoms with Gasteiger partial charge in [-0.25, -0.2) is 9.37 Å². The summed E-state index contributed by atoms with van der Waals surface area (Å²) in [5.41, 5.74) is 2.30. The van der Waals surface area contributed by atoms with Gasteiger partial charge in [-0.2, -0.15) is 0 Å². The van der Waals surface area contributed by atoms with Crippen LogP contribution in [0.3, 0.4) is 0 Å². The van der Waals surface area contributed by atoms with Gasteiger partial charge in [-0.1, -0.05) is 18.6 Å². The molecule has 0 aromatic carbocycles. The number of hydrogen-bond acceptors (Lipinski definition) is 3. The highest BCUT2D eigenvalue weighted by Gasteiger charge is 2.16. The van der Waals surface area contributed by atoms with E-state index in [9.17, 15) is 4.39 Å². The second kappa shape index (κ2) is 6.66. The van der Waals surface area contributed by atoms with E-state index in [4.69, 9.17) is 0 Å². The summed E-state index contributed by atoms with van der Waals surface area (Å²) in [6, 6.07) is 1.60. The van der Waals surface area contributed by atoms with E-state index in [1.807, 2.05) is 0 Å². The van der Waals surface area contributed by atoms with Gasteiger partial charge >= 0.3 is 0 Å². The van der Waals surface area contributed by atoms with Crippen molar-refractivity contribution in [2.24, 2.45) is 0 Å². The molecule has 1 aromatic rings. The van der Waals surface area contributed by atoms with Gasteiger partial charge in [-0.15, -0.1) is 0 Å². The topological polar surface area (TPSA) is 28.2 Å². The third-order valence-electron chi connectivity index (χ3n) is 3.28. The van der Waals surface area contributed by atoms with Crippen molar-refractivity contribution in [1.29, 1.82) is 0 Å². The number of pyridine rings is 1. The quantitative estimate of drug-likeness (QED) is 0.654. The molecule has 0 saturated heterocycles. The summed E-state index contributed by atoms with van der Waals surface area (Å²) in [4.78, 5) is 6.53. The van der Waals surface area contributed by atoms with Gasteiger partial charge in [-0.05, 0) is 32.4 Å². The first-order chi connectivity index (χ1) is 9.20. The maximum atomic E-state index is 13.4. The molecule has 104 valence electrons. The summed E-state index contributed by atoms with van der Waals surface area (Å²) in [6.45, 7) is 7.71. The number of nitrogens with one attached hydrogen (secondary N) is 1. The van der Waals surface area contributed by atoms with Crippen LogP contribution in [0.4, 0.5) is 10.2 Å². The first-order valence-corrected chi connectivity index (χ1v) is 6.96. The smallest absolute Gasteiger partial charge is 0.141 e. The van der Waals surface area contributed by atoms with Crippen LogP contribution in [-0.2, 0) is 6.54 Å². The molecule has 0 aliphatic carbocycles. The van der Waals surface area contributed by atoms with Crippen molar-refractivity contribution >= 4 is 5.82 Å². The number of rotatable bonds is 5. The Morgan fingerprint density at radius 3 is 3.05 bits per heavy atom. The lowest BCUT2D eigenvalue weighted by Gasteiger charge is -2.29. The first kappa shape index (κ1) is 14.0. The van der Waals surface area contributed by atoms with E-state index in [-0.39, 0.29) is 5.82 Å². The zero-order valence-electron chi connectivity index (χ0n) is 11.7. The second-order valence-electron chi connectivity index (χ2n) is 5.07. The summed E-state index contributed by atoms with van der Waals surface area (Å²) in [5, 5.41) is 3.32. The average molecular weight is 263 g/mol. The first-order valence-electron chi connectivity index (χ1n) is 6.96. The molecule has 2 heterocycles. The maximum absolute atomic E-state index is 13.4. The fourth-order valence-electron chi connectivity index (χ4n) is 2.38. The molecule has 2 rings (SSSR count). The van der Waals surface area contributed by atoms with Crippen molar-refractivity contribution in [1.82, 2.24) is 10.3 Å². The van der Waals surface area contributed by atoms with E-state index in [2.05, 4.69) is 35.1 Å². The Morgan fingerprint density at radius 2 is 2.32 bits per heavy atom. The fraction of sp³-hybridized carbons (Fsp3) is 0.533. The van der Waals surface area contributed by atoms with E-state index in [1.165, 1.54) is 11.8 Å². The molecular formula is C15H22FN3. The number of nitrogens with zero attached hydrogens (tertiary/aromatic N) is 2. The molecule has 0 radical (unpaired) electrons. The molecule has 0 amide bonds. The normalized spacial score (nSPS) is 15.5. The molecule has 4 heteroatoms. The maximum Gasteiger partial charge on any atom is 0.141 e. The molecular weight excluding hydrogens is 241 g/mol. The van der Waals surface area contributed by atoms with Crippen LogP contribution in [0.1, 0.15) is 32.3 Å². The summed E-state index contributed by atoms with van der Waals surface area (Å²) in [6.07, 6.45) is 5.68. The molecule has 19 heavy (non-hydrogen) atoms. The van der Waals surface area contributed by atoms with Crippen molar-refractivity contribution < 1.29 is 4.39 Å². The molecule has 0 spiro atoms. The minimum absolute atomic E-state index is 0.263. The fourth-order valence-corrected chi connectivity index (χ4v) is 2.38.